The fraction of sp³-hybridized carbons (Fsp3) is 0.250. The molecule has 0 saturated carbocycles. The lowest BCUT2D eigenvalue weighted by Gasteiger charge is -2.31. The van der Waals surface area contributed by atoms with Crippen LogP contribution in [0.15, 0.2) is 54.7 Å². The Bertz CT molecular complexity index is 1590. The Kier molecular flexibility index (Phi) is 8.19. The van der Waals surface area contributed by atoms with Gasteiger partial charge in [-0.3, -0.25) is 9.59 Å². The predicted molar refractivity (Wildman–Crippen MR) is 141 cm³/mol. The van der Waals surface area contributed by atoms with Gasteiger partial charge in [0.15, 0.2) is 0 Å². The van der Waals surface area contributed by atoms with Crippen LogP contribution in [0.5, 0.6) is 11.5 Å². The van der Waals surface area contributed by atoms with Crippen molar-refractivity contribution in [2.45, 2.75) is 25.1 Å². The van der Waals surface area contributed by atoms with Gasteiger partial charge in [0, 0.05) is 22.7 Å². The number of methoxy groups -OCH3 is 1. The number of aromatic amines is 1. The van der Waals surface area contributed by atoms with Crippen molar-refractivity contribution < 1.29 is 41.7 Å². The van der Waals surface area contributed by atoms with Crippen molar-refractivity contribution in [2.24, 2.45) is 5.73 Å². The Morgan fingerprint density at radius 2 is 1.83 bits per heavy atom. The zero-order valence-electron chi connectivity index (χ0n) is 21.9. The molecule has 41 heavy (non-hydrogen) atoms. The summed E-state index contributed by atoms with van der Waals surface area (Å²) < 4.78 is 68.1. The van der Waals surface area contributed by atoms with Crippen molar-refractivity contribution in [3.63, 3.8) is 0 Å². The lowest BCUT2D eigenvalue weighted by Crippen LogP contribution is -2.51. The summed E-state index contributed by atoms with van der Waals surface area (Å²) in [6, 6.07) is 10.0. The lowest BCUT2D eigenvalue weighted by molar-refractivity contribution is -0.265. The number of hydrogen-bond donors (Lipinski definition) is 4. The minimum Gasteiger partial charge on any atom is -0.496 e. The average molecular weight is 575 g/mol. The number of primary amides is 1. The predicted octanol–water partition coefficient (Wildman–Crippen LogP) is 3.98. The average Bonchev–Trinajstić information content (AvgIpc) is 3.41. The molecule has 0 aliphatic carbocycles. The van der Waals surface area contributed by atoms with E-state index in [0.29, 0.717) is 16.7 Å². The summed E-state index contributed by atoms with van der Waals surface area (Å²) in [5.41, 5.74) is 0.926. The van der Waals surface area contributed by atoms with Gasteiger partial charge in [0.2, 0.25) is 11.5 Å². The fourth-order valence-electron chi connectivity index (χ4n) is 4.36. The molecule has 1 atom stereocenters. The van der Waals surface area contributed by atoms with Gasteiger partial charge < -0.3 is 30.6 Å². The third-order valence-electron chi connectivity index (χ3n) is 6.37. The smallest absolute Gasteiger partial charge is 0.424 e. The molecule has 0 fully saturated rings. The summed E-state index contributed by atoms with van der Waals surface area (Å²) in [5.74, 6) is -2.01. The molecule has 2 aromatic heterocycles. The number of rotatable bonds is 10. The van der Waals surface area contributed by atoms with Gasteiger partial charge in [-0.25, -0.2) is 9.37 Å². The summed E-state index contributed by atoms with van der Waals surface area (Å²) in [6.45, 7) is 0.331. The van der Waals surface area contributed by atoms with Gasteiger partial charge in [0.1, 0.15) is 23.0 Å². The van der Waals surface area contributed by atoms with E-state index >= 15 is 0 Å². The number of alkyl halides is 3. The van der Waals surface area contributed by atoms with Gasteiger partial charge in [-0.15, -0.1) is 0 Å². The quantitative estimate of drug-likeness (QED) is 0.211. The van der Waals surface area contributed by atoms with Gasteiger partial charge in [-0.1, -0.05) is 0 Å². The molecule has 4 aromatic rings. The summed E-state index contributed by atoms with van der Waals surface area (Å²) in [4.78, 5) is 31.8. The van der Waals surface area contributed by atoms with Crippen molar-refractivity contribution in [2.75, 3.05) is 20.3 Å². The number of pyridine rings is 1. The number of H-pyrrole nitrogens is 1. The van der Waals surface area contributed by atoms with E-state index in [9.17, 15) is 32.3 Å². The highest BCUT2D eigenvalue weighted by molar-refractivity contribution is 6.07. The molecule has 4 rings (SSSR count). The summed E-state index contributed by atoms with van der Waals surface area (Å²) in [5, 5.41) is 13.8. The number of aromatic nitrogens is 2. The molecule has 0 spiro atoms. The molecular weight excluding hydrogens is 548 g/mol. The molecule has 2 heterocycles. The Labute approximate surface area is 231 Å². The SMILES string of the molecule is CCOc1c(CC(N)=O)cc([C@@](O)(CNC(=O)c2ccc(OC)c3cc[nH]c23)C(F)(F)F)nc1-c1ccc(F)cc1. The van der Waals surface area contributed by atoms with E-state index in [4.69, 9.17) is 15.2 Å². The van der Waals surface area contributed by atoms with Crippen LogP contribution in [0.4, 0.5) is 17.6 Å². The first kappa shape index (κ1) is 29.3. The van der Waals surface area contributed by atoms with Crippen molar-refractivity contribution in [3.8, 4) is 22.8 Å². The van der Waals surface area contributed by atoms with Gasteiger partial charge in [-0.05, 0) is 55.5 Å². The summed E-state index contributed by atoms with van der Waals surface area (Å²) in [7, 11) is 1.43. The third-order valence-corrected chi connectivity index (χ3v) is 6.37. The van der Waals surface area contributed by atoms with Crippen LogP contribution in [0, 0.1) is 5.82 Å². The second-order valence-corrected chi connectivity index (χ2v) is 9.05. The molecule has 0 aliphatic heterocycles. The number of hydrogen-bond acceptors (Lipinski definition) is 6. The molecule has 0 aliphatic rings. The zero-order chi connectivity index (χ0) is 29.9. The largest absolute Gasteiger partial charge is 0.496 e. The second kappa shape index (κ2) is 11.5. The highest BCUT2D eigenvalue weighted by Gasteiger charge is 2.56. The number of benzene rings is 2. The monoisotopic (exact) mass is 574 g/mol. The topological polar surface area (TPSA) is 140 Å². The van der Waals surface area contributed by atoms with E-state index in [1.165, 1.54) is 37.6 Å². The number of nitrogens with one attached hydrogen (secondary N) is 2. The summed E-state index contributed by atoms with van der Waals surface area (Å²) in [6.07, 6.45) is -4.35. The second-order valence-electron chi connectivity index (χ2n) is 9.05. The first-order chi connectivity index (χ1) is 19.4. The Morgan fingerprint density at radius 1 is 1.12 bits per heavy atom. The minimum absolute atomic E-state index is 0.0106. The van der Waals surface area contributed by atoms with Crippen molar-refractivity contribution in [1.82, 2.24) is 15.3 Å². The van der Waals surface area contributed by atoms with Crippen LogP contribution >= 0.6 is 0 Å². The van der Waals surface area contributed by atoms with Crippen LogP contribution in [-0.4, -0.2) is 53.3 Å². The van der Waals surface area contributed by atoms with E-state index in [2.05, 4.69) is 15.3 Å². The first-order valence-electron chi connectivity index (χ1n) is 12.3. The van der Waals surface area contributed by atoms with Crippen LogP contribution in [-0.2, 0) is 16.8 Å². The third kappa shape index (κ3) is 5.80. The molecule has 2 amide bonds. The highest BCUT2D eigenvalue weighted by atomic mass is 19.4. The maximum atomic E-state index is 14.5. The number of aliphatic hydroxyl groups is 1. The van der Waals surface area contributed by atoms with Gasteiger partial charge in [0.25, 0.3) is 5.91 Å². The lowest BCUT2D eigenvalue weighted by atomic mass is 9.93. The van der Waals surface area contributed by atoms with Crippen LogP contribution in [0.1, 0.15) is 28.5 Å². The van der Waals surface area contributed by atoms with Crippen LogP contribution in [0.3, 0.4) is 0 Å². The van der Waals surface area contributed by atoms with Crippen LogP contribution < -0.4 is 20.5 Å². The van der Waals surface area contributed by atoms with Crippen molar-refractivity contribution in [1.29, 1.82) is 0 Å². The summed E-state index contributed by atoms with van der Waals surface area (Å²) >= 11 is 0. The van der Waals surface area contributed by atoms with Crippen LogP contribution in [0.2, 0.25) is 0 Å². The highest BCUT2D eigenvalue weighted by Crippen LogP contribution is 2.42. The van der Waals surface area contributed by atoms with E-state index in [-0.39, 0.29) is 34.7 Å². The van der Waals surface area contributed by atoms with E-state index < -0.39 is 48.1 Å². The molecule has 0 unspecified atom stereocenters. The molecule has 9 nitrogen and oxygen atoms in total. The van der Waals surface area contributed by atoms with Gasteiger partial charge in [0.05, 0.1) is 43.5 Å². The van der Waals surface area contributed by atoms with E-state index in [1.54, 1.807) is 13.0 Å². The number of ether oxygens (including phenoxy) is 2. The van der Waals surface area contributed by atoms with E-state index in [0.717, 1.165) is 18.2 Å². The number of halogens is 4. The van der Waals surface area contributed by atoms with Gasteiger partial charge in [-0.2, -0.15) is 13.2 Å². The number of fused-ring (bicyclic) bond motifs is 1. The number of nitrogens with zero attached hydrogens (tertiary/aromatic N) is 1. The zero-order valence-corrected chi connectivity index (χ0v) is 21.9. The molecule has 0 radical (unpaired) electrons. The minimum atomic E-state index is -5.34. The maximum Gasteiger partial charge on any atom is 0.424 e. The number of amides is 2. The van der Waals surface area contributed by atoms with Crippen molar-refractivity contribution in [3.05, 3.63) is 77.4 Å². The normalized spacial score (nSPS) is 13.0. The number of carbonyl (C=O) groups is 2. The number of carbonyl (C=O) groups excluding carboxylic acids is 2. The number of nitrogens with two attached hydrogens (primary N) is 1. The Morgan fingerprint density at radius 3 is 2.44 bits per heavy atom. The molecule has 5 N–H and O–H groups in total. The molecule has 2 aromatic carbocycles. The molecule has 13 heteroatoms. The standard InChI is InChI=1S/C28H26F4N4O5/c1-3-41-25-16(13-22(33)37)12-21(36-23(25)15-4-6-17(29)7-5-15)27(39,28(30,31)32)14-35-26(38)19-8-9-20(40-2)18-10-11-34-24(18)19/h4-12,34,39H,3,13-14H2,1-2H3,(H2,33,37)(H,35,38)/t27-/m0/s1. The van der Waals surface area contributed by atoms with E-state index in [1.807, 2.05) is 0 Å². The Balaban J connectivity index is 1.81. The maximum absolute atomic E-state index is 14.5. The fourth-order valence-corrected chi connectivity index (χ4v) is 4.36. The van der Waals surface area contributed by atoms with Crippen molar-refractivity contribution >= 4 is 22.7 Å². The van der Waals surface area contributed by atoms with Gasteiger partial charge >= 0.3 is 6.18 Å². The first-order valence-corrected chi connectivity index (χ1v) is 12.3. The molecule has 0 saturated heterocycles. The Hall–Kier alpha value is -4.65. The van der Waals surface area contributed by atoms with Crippen LogP contribution in [0.25, 0.3) is 22.2 Å². The molecular formula is C28H26F4N4O5. The molecule has 216 valence electrons. The molecule has 0 bridgehead atoms.